The second-order valence-electron chi connectivity index (χ2n) is 2.51. The number of ketones is 1. The van der Waals surface area contributed by atoms with E-state index in [-0.39, 0.29) is 5.78 Å². The lowest BCUT2D eigenvalue weighted by Crippen LogP contribution is -1.88. The predicted octanol–water partition coefficient (Wildman–Crippen LogP) is 2.67. The molecule has 1 nitrogen and oxygen atoms in total. The van der Waals surface area contributed by atoms with Gasteiger partial charge in [-0.15, -0.1) is 0 Å². The maximum Gasteiger partial charge on any atom is 0.205 e. The first-order valence-corrected chi connectivity index (χ1v) is 4.41. The summed E-state index contributed by atoms with van der Waals surface area (Å²) in [6.45, 7) is 1.78. The summed E-state index contributed by atoms with van der Waals surface area (Å²) in [5.41, 5.74) is 0.700. The number of hydrogen-bond donors (Lipinski definition) is 0. The molecule has 0 N–H and O–H groups in total. The van der Waals surface area contributed by atoms with Crippen LogP contribution in [0.4, 0.5) is 0 Å². The number of halogens is 1. The van der Waals surface area contributed by atoms with Crippen molar-refractivity contribution in [3.63, 3.8) is 0 Å². The Kier molecular flexibility index (Phi) is 3.54. The Bertz CT molecular complexity index is 371. The lowest BCUT2D eigenvalue weighted by Gasteiger charge is -1.91. The Morgan fingerprint density at radius 3 is 2.77 bits per heavy atom. The van der Waals surface area contributed by atoms with E-state index in [4.69, 9.17) is 11.6 Å². The number of carbonyl (C=O) groups excluding carboxylic acids is 1. The molecule has 0 aromatic heterocycles. The molecule has 0 amide bonds. The number of rotatable bonds is 1. The van der Waals surface area contributed by atoms with Crippen LogP contribution in [-0.4, -0.2) is 5.78 Å². The minimum Gasteiger partial charge on any atom is -0.285 e. The molecular weight excluding hydrogens is 184 g/mol. The normalized spacial score (nSPS) is 8.77. The van der Waals surface area contributed by atoms with Gasteiger partial charge in [-0.05, 0) is 18.1 Å². The molecule has 1 aromatic rings. The Morgan fingerprint density at radius 1 is 1.46 bits per heavy atom. The lowest BCUT2D eigenvalue weighted by molar-refractivity contribution is -0.113. The minimum atomic E-state index is -0.0695. The van der Waals surface area contributed by atoms with Crippen LogP contribution in [0, 0.1) is 11.8 Å². The summed E-state index contributed by atoms with van der Waals surface area (Å²) in [6.07, 6.45) is 0.442. The fourth-order valence-electron chi connectivity index (χ4n) is 0.788. The molecule has 0 radical (unpaired) electrons. The van der Waals surface area contributed by atoms with Crippen LogP contribution < -0.4 is 0 Å². The molecule has 0 saturated heterocycles. The molecule has 0 aliphatic heterocycles. The topological polar surface area (TPSA) is 17.1 Å². The van der Waals surface area contributed by atoms with Gasteiger partial charge < -0.3 is 0 Å². The molecule has 0 aliphatic carbocycles. The first-order valence-electron chi connectivity index (χ1n) is 4.03. The van der Waals surface area contributed by atoms with Crippen molar-refractivity contribution in [2.75, 3.05) is 0 Å². The number of carbonyl (C=O) groups is 1. The van der Waals surface area contributed by atoms with Crippen LogP contribution >= 0.6 is 11.6 Å². The number of benzene rings is 1. The Balaban J connectivity index is 2.89. The van der Waals surface area contributed by atoms with Crippen LogP contribution in [0.25, 0.3) is 0 Å². The smallest absolute Gasteiger partial charge is 0.205 e. The Labute approximate surface area is 82.7 Å². The van der Waals surface area contributed by atoms with E-state index in [1.54, 1.807) is 19.1 Å². The van der Waals surface area contributed by atoms with Gasteiger partial charge in [0.05, 0.1) is 5.02 Å². The monoisotopic (exact) mass is 192 g/mol. The van der Waals surface area contributed by atoms with E-state index in [0.717, 1.165) is 0 Å². The molecule has 0 unspecified atom stereocenters. The minimum absolute atomic E-state index is 0.0695. The highest BCUT2D eigenvalue weighted by Gasteiger charge is 1.94. The van der Waals surface area contributed by atoms with Crippen LogP contribution in [0.2, 0.25) is 5.02 Å². The molecule has 0 saturated carbocycles. The zero-order valence-corrected chi connectivity index (χ0v) is 8.06. The van der Waals surface area contributed by atoms with Gasteiger partial charge in [-0.25, -0.2) is 0 Å². The summed E-state index contributed by atoms with van der Waals surface area (Å²) in [7, 11) is 0. The fourth-order valence-corrected chi connectivity index (χ4v) is 0.971. The van der Waals surface area contributed by atoms with Crippen molar-refractivity contribution >= 4 is 17.4 Å². The van der Waals surface area contributed by atoms with Gasteiger partial charge in [-0.3, -0.25) is 4.79 Å². The van der Waals surface area contributed by atoms with Crippen molar-refractivity contribution in [1.29, 1.82) is 0 Å². The maximum atomic E-state index is 10.9. The van der Waals surface area contributed by atoms with Gasteiger partial charge in [0.15, 0.2) is 0 Å². The van der Waals surface area contributed by atoms with Crippen LogP contribution in [-0.2, 0) is 4.79 Å². The number of hydrogen-bond acceptors (Lipinski definition) is 1. The van der Waals surface area contributed by atoms with Crippen LogP contribution in [0.15, 0.2) is 24.3 Å². The quantitative estimate of drug-likeness (QED) is 0.626. The van der Waals surface area contributed by atoms with Crippen molar-refractivity contribution in [3.8, 4) is 11.8 Å². The summed E-state index contributed by atoms with van der Waals surface area (Å²) in [5.74, 6) is 5.18. The van der Waals surface area contributed by atoms with Gasteiger partial charge in [-0.1, -0.05) is 36.6 Å². The maximum absolute atomic E-state index is 10.9. The predicted molar refractivity (Wildman–Crippen MR) is 53.6 cm³/mol. The molecule has 0 heterocycles. The van der Waals surface area contributed by atoms with Crippen molar-refractivity contribution in [1.82, 2.24) is 0 Å². The second kappa shape index (κ2) is 4.69. The van der Waals surface area contributed by atoms with Crippen LogP contribution in [0.5, 0.6) is 0 Å². The van der Waals surface area contributed by atoms with E-state index in [0.29, 0.717) is 17.0 Å². The van der Waals surface area contributed by atoms with Crippen molar-refractivity contribution in [3.05, 3.63) is 34.9 Å². The molecular formula is C11H9ClO. The molecule has 0 spiro atoms. The van der Waals surface area contributed by atoms with E-state index >= 15 is 0 Å². The van der Waals surface area contributed by atoms with E-state index < -0.39 is 0 Å². The molecule has 0 atom stereocenters. The summed E-state index contributed by atoms with van der Waals surface area (Å²) in [4.78, 5) is 10.9. The molecule has 66 valence electrons. The second-order valence-corrected chi connectivity index (χ2v) is 2.91. The largest absolute Gasteiger partial charge is 0.285 e. The third-order valence-corrected chi connectivity index (χ3v) is 1.86. The van der Waals surface area contributed by atoms with Gasteiger partial charge in [0, 0.05) is 12.0 Å². The van der Waals surface area contributed by atoms with E-state index in [1.807, 2.05) is 12.1 Å². The molecule has 0 aliphatic rings. The third kappa shape index (κ3) is 2.93. The molecule has 1 rings (SSSR count). The molecule has 0 fully saturated rings. The summed E-state index contributed by atoms with van der Waals surface area (Å²) in [5, 5.41) is 0.582. The molecule has 1 aromatic carbocycles. The van der Waals surface area contributed by atoms with Crippen molar-refractivity contribution in [2.45, 2.75) is 13.3 Å². The third-order valence-electron chi connectivity index (χ3n) is 1.53. The number of Topliss-reactive ketones (excluding diaryl/α,β-unsaturated/α-hetero) is 1. The Morgan fingerprint density at radius 2 is 2.15 bits per heavy atom. The van der Waals surface area contributed by atoms with Gasteiger partial charge in [0.2, 0.25) is 5.78 Å². The standard InChI is InChI=1S/C11H9ClO/c1-2-10(13)8-7-9-5-3-4-6-11(9)12/h3-6H,2H2,1H3. The molecule has 2 heteroatoms. The van der Waals surface area contributed by atoms with Crippen molar-refractivity contribution < 1.29 is 4.79 Å². The van der Waals surface area contributed by atoms with Crippen molar-refractivity contribution in [2.24, 2.45) is 0 Å². The zero-order valence-electron chi connectivity index (χ0n) is 7.30. The van der Waals surface area contributed by atoms with E-state index in [9.17, 15) is 4.79 Å². The summed E-state index contributed by atoms with van der Waals surface area (Å²) in [6, 6.07) is 7.21. The van der Waals surface area contributed by atoms with Crippen LogP contribution in [0.1, 0.15) is 18.9 Å². The van der Waals surface area contributed by atoms with Gasteiger partial charge in [0.25, 0.3) is 0 Å². The summed E-state index contributed by atoms with van der Waals surface area (Å²) < 4.78 is 0. The highest BCUT2D eigenvalue weighted by atomic mass is 35.5. The first-order chi connectivity index (χ1) is 6.24. The average Bonchev–Trinajstić information content (AvgIpc) is 2.16. The van der Waals surface area contributed by atoms with Gasteiger partial charge >= 0.3 is 0 Å². The Hall–Kier alpha value is -1.26. The zero-order chi connectivity index (χ0) is 9.68. The highest BCUT2D eigenvalue weighted by Crippen LogP contribution is 2.12. The van der Waals surface area contributed by atoms with E-state index in [2.05, 4.69) is 11.8 Å². The molecule has 0 bridgehead atoms. The lowest BCUT2D eigenvalue weighted by atomic mass is 10.2. The molecule has 13 heavy (non-hydrogen) atoms. The average molecular weight is 193 g/mol. The fraction of sp³-hybridized carbons (Fsp3) is 0.182. The van der Waals surface area contributed by atoms with Gasteiger partial charge in [-0.2, -0.15) is 0 Å². The highest BCUT2D eigenvalue weighted by molar-refractivity contribution is 6.31. The summed E-state index contributed by atoms with van der Waals surface area (Å²) >= 11 is 5.84. The SMILES string of the molecule is CCC(=O)C#Cc1ccccc1Cl. The van der Waals surface area contributed by atoms with Crippen LogP contribution in [0.3, 0.4) is 0 Å². The van der Waals surface area contributed by atoms with E-state index in [1.165, 1.54) is 0 Å². The first kappa shape index (κ1) is 9.83. The van der Waals surface area contributed by atoms with Gasteiger partial charge in [0.1, 0.15) is 0 Å².